The second-order valence-electron chi connectivity index (χ2n) is 7.11. The van der Waals surface area contributed by atoms with Gasteiger partial charge in [-0.15, -0.1) is 11.6 Å². The van der Waals surface area contributed by atoms with Gasteiger partial charge in [0.05, 0.1) is 5.69 Å². The SMILES string of the molecule is Cc1nn(C)c2c1nc(CCCl)n2C1CCC(C)(C)CC1. The maximum atomic E-state index is 5.99. The van der Waals surface area contributed by atoms with Gasteiger partial charge < -0.3 is 4.57 Å². The Morgan fingerprint density at radius 1 is 1.29 bits per heavy atom. The summed E-state index contributed by atoms with van der Waals surface area (Å²) in [6, 6.07) is 0.538. The number of aromatic nitrogens is 4. The Morgan fingerprint density at radius 3 is 2.57 bits per heavy atom. The molecule has 1 saturated carbocycles. The predicted octanol–water partition coefficient (Wildman–Crippen LogP) is 4.00. The number of imidazole rings is 1. The quantitative estimate of drug-likeness (QED) is 0.803. The highest BCUT2D eigenvalue weighted by atomic mass is 35.5. The minimum Gasteiger partial charge on any atom is -0.310 e. The molecule has 116 valence electrons. The first-order chi connectivity index (χ1) is 9.93. The summed E-state index contributed by atoms with van der Waals surface area (Å²) in [6.45, 7) is 6.79. The highest BCUT2D eigenvalue weighted by molar-refractivity contribution is 6.17. The van der Waals surface area contributed by atoms with Crippen LogP contribution in [-0.4, -0.2) is 25.2 Å². The molecule has 0 radical (unpaired) electrons. The maximum Gasteiger partial charge on any atom is 0.158 e. The molecule has 2 aromatic rings. The van der Waals surface area contributed by atoms with E-state index in [4.69, 9.17) is 16.6 Å². The summed E-state index contributed by atoms with van der Waals surface area (Å²) in [5, 5.41) is 4.54. The van der Waals surface area contributed by atoms with Gasteiger partial charge >= 0.3 is 0 Å². The van der Waals surface area contributed by atoms with E-state index in [0.717, 1.165) is 29.1 Å². The standard InChI is InChI=1S/C16H25ClN4/c1-11-14-15(20(4)19-11)21(13(18-14)7-10-17)12-5-8-16(2,3)9-6-12/h12H,5-10H2,1-4H3. The van der Waals surface area contributed by atoms with Crippen LogP contribution in [0, 0.1) is 12.3 Å². The largest absolute Gasteiger partial charge is 0.310 e. The van der Waals surface area contributed by atoms with E-state index in [1.54, 1.807) is 0 Å². The number of hydrogen-bond donors (Lipinski definition) is 0. The fraction of sp³-hybridized carbons (Fsp3) is 0.750. The summed E-state index contributed by atoms with van der Waals surface area (Å²) in [7, 11) is 2.02. The summed E-state index contributed by atoms with van der Waals surface area (Å²) in [5.41, 5.74) is 3.70. The van der Waals surface area contributed by atoms with Crippen LogP contribution in [0.4, 0.5) is 0 Å². The molecule has 0 N–H and O–H groups in total. The molecule has 0 saturated heterocycles. The molecule has 2 aromatic heterocycles. The third-order valence-electron chi connectivity index (χ3n) is 4.90. The smallest absolute Gasteiger partial charge is 0.158 e. The van der Waals surface area contributed by atoms with Gasteiger partial charge in [-0.2, -0.15) is 5.10 Å². The molecule has 1 fully saturated rings. The van der Waals surface area contributed by atoms with Crippen LogP contribution in [0.1, 0.15) is 57.1 Å². The van der Waals surface area contributed by atoms with Crippen LogP contribution < -0.4 is 0 Å². The molecule has 0 spiro atoms. The van der Waals surface area contributed by atoms with Crippen LogP contribution in [-0.2, 0) is 13.5 Å². The maximum absolute atomic E-state index is 5.99. The fourth-order valence-electron chi connectivity index (χ4n) is 3.63. The zero-order valence-electron chi connectivity index (χ0n) is 13.5. The van der Waals surface area contributed by atoms with Crippen molar-refractivity contribution in [3.63, 3.8) is 0 Å². The molecule has 0 bridgehead atoms. The average molecular weight is 309 g/mol. The minimum atomic E-state index is 0.477. The highest BCUT2D eigenvalue weighted by Gasteiger charge is 2.30. The van der Waals surface area contributed by atoms with Crippen LogP contribution in [0.3, 0.4) is 0 Å². The zero-order valence-corrected chi connectivity index (χ0v) is 14.2. The van der Waals surface area contributed by atoms with Crippen molar-refractivity contribution in [3.8, 4) is 0 Å². The molecule has 1 aliphatic rings. The number of fused-ring (bicyclic) bond motifs is 1. The predicted molar refractivity (Wildman–Crippen MR) is 86.9 cm³/mol. The van der Waals surface area contributed by atoms with Gasteiger partial charge in [-0.1, -0.05) is 13.8 Å². The molecule has 2 heterocycles. The number of alkyl halides is 1. The summed E-state index contributed by atoms with van der Waals surface area (Å²) < 4.78 is 4.40. The number of halogens is 1. The molecule has 21 heavy (non-hydrogen) atoms. The molecule has 3 rings (SSSR count). The van der Waals surface area contributed by atoms with E-state index in [1.165, 1.54) is 25.7 Å². The van der Waals surface area contributed by atoms with Gasteiger partial charge in [-0.05, 0) is 38.0 Å². The Kier molecular flexibility index (Phi) is 3.76. The van der Waals surface area contributed by atoms with Crippen molar-refractivity contribution in [1.82, 2.24) is 19.3 Å². The van der Waals surface area contributed by atoms with Crippen molar-refractivity contribution in [2.45, 2.75) is 58.9 Å². The van der Waals surface area contributed by atoms with Crippen LogP contribution in [0.25, 0.3) is 11.2 Å². The lowest BCUT2D eigenvalue weighted by Crippen LogP contribution is -2.25. The molecule has 0 aliphatic heterocycles. The Hall–Kier alpha value is -1.03. The van der Waals surface area contributed by atoms with E-state index in [0.29, 0.717) is 17.3 Å². The molecule has 4 nitrogen and oxygen atoms in total. The van der Waals surface area contributed by atoms with Crippen LogP contribution >= 0.6 is 11.6 Å². The van der Waals surface area contributed by atoms with E-state index in [1.807, 2.05) is 18.7 Å². The van der Waals surface area contributed by atoms with Gasteiger partial charge in [0.1, 0.15) is 11.3 Å². The minimum absolute atomic E-state index is 0.477. The van der Waals surface area contributed by atoms with Crippen molar-refractivity contribution in [2.24, 2.45) is 12.5 Å². The molecule has 0 aromatic carbocycles. The van der Waals surface area contributed by atoms with Crippen molar-refractivity contribution in [1.29, 1.82) is 0 Å². The normalized spacial score (nSPS) is 19.5. The first-order valence-electron chi connectivity index (χ1n) is 7.89. The number of aryl methyl sites for hydroxylation is 3. The van der Waals surface area contributed by atoms with Gasteiger partial charge in [0.25, 0.3) is 0 Å². The molecular weight excluding hydrogens is 284 g/mol. The van der Waals surface area contributed by atoms with Gasteiger partial charge in [-0.25, -0.2) is 4.98 Å². The summed E-state index contributed by atoms with van der Waals surface area (Å²) in [5.74, 6) is 1.74. The van der Waals surface area contributed by atoms with Gasteiger partial charge in [-0.3, -0.25) is 4.68 Å². The first kappa shape index (κ1) is 14.9. The zero-order chi connectivity index (χ0) is 15.2. The lowest BCUT2D eigenvalue weighted by Gasteiger charge is -2.35. The highest BCUT2D eigenvalue weighted by Crippen LogP contribution is 2.41. The molecule has 0 unspecified atom stereocenters. The van der Waals surface area contributed by atoms with E-state index in [9.17, 15) is 0 Å². The van der Waals surface area contributed by atoms with E-state index >= 15 is 0 Å². The van der Waals surface area contributed by atoms with E-state index in [2.05, 4.69) is 23.5 Å². The Bertz CT molecular complexity index is 643. The molecule has 1 aliphatic carbocycles. The second-order valence-corrected chi connectivity index (χ2v) is 7.49. The van der Waals surface area contributed by atoms with Crippen LogP contribution in [0.15, 0.2) is 0 Å². The topological polar surface area (TPSA) is 35.6 Å². The number of rotatable bonds is 3. The van der Waals surface area contributed by atoms with Gasteiger partial charge in [0.15, 0.2) is 5.65 Å². The number of hydrogen-bond acceptors (Lipinski definition) is 2. The molecule has 0 atom stereocenters. The first-order valence-corrected chi connectivity index (χ1v) is 8.43. The van der Waals surface area contributed by atoms with Crippen molar-refractivity contribution >= 4 is 22.8 Å². The average Bonchev–Trinajstić information content (AvgIpc) is 2.90. The fourth-order valence-corrected chi connectivity index (χ4v) is 3.80. The molecular formula is C16H25ClN4. The third-order valence-corrected chi connectivity index (χ3v) is 5.09. The Morgan fingerprint density at radius 2 is 1.95 bits per heavy atom. The summed E-state index contributed by atoms with van der Waals surface area (Å²) in [6.07, 6.45) is 5.81. The van der Waals surface area contributed by atoms with Crippen LogP contribution in [0.2, 0.25) is 0 Å². The van der Waals surface area contributed by atoms with Crippen LogP contribution in [0.5, 0.6) is 0 Å². The lowest BCUT2D eigenvalue weighted by molar-refractivity contribution is 0.193. The monoisotopic (exact) mass is 308 g/mol. The lowest BCUT2D eigenvalue weighted by atomic mass is 9.75. The number of nitrogens with zero attached hydrogens (tertiary/aromatic N) is 4. The molecule has 5 heteroatoms. The van der Waals surface area contributed by atoms with Crippen molar-refractivity contribution in [3.05, 3.63) is 11.5 Å². The third kappa shape index (κ3) is 2.59. The summed E-state index contributed by atoms with van der Waals surface area (Å²) in [4.78, 5) is 4.83. The Labute approximate surface area is 131 Å². The summed E-state index contributed by atoms with van der Waals surface area (Å²) >= 11 is 5.99. The van der Waals surface area contributed by atoms with Gasteiger partial charge in [0, 0.05) is 25.4 Å². The van der Waals surface area contributed by atoms with E-state index < -0.39 is 0 Å². The van der Waals surface area contributed by atoms with Gasteiger partial charge in [0.2, 0.25) is 0 Å². The second kappa shape index (κ2) is 5.31. The van der Waals surface area contributed by atoms with Crippen molar-refractivity contribution < 1.29 is 0 Å². The van der Waals surface area contributed by atoms with Crippen molar-refractivity contribution in [2.75, 3.05) is 5.88 Å². The van der Waals surface area contributed by atoms with E-state index in [-0.39, 0.29) is 0 Å². The Balaban J connectivity index is 2.05. The molecule has 0 amide bonds.